The third kappa shape index (κ3) is 2.27. The Morgan fingerprint density at radius 2 is 1.89 bits per heavy atom. The summed E-state index contributed by atoms with van der Waals surface area (Å²) in [4.78, 5) is 1.09. The highest BCUT2D eigenvalue weighted by molar-refractivity contribution is 7.85. The number of fused-ring (bicyclic) bond motifs is 1. The van der Waals surface area contributed by atoms with Crippen molar-refractivity contribution in [1.29, 1.82) is 0 Å². The maximum absolute atomic E-state index is 12.7. The molecule has 3 rings (SSSR count). The molecule has 104 valence electrons. The smallest absolute Gasteiger partial charge is 0.0567 e. The number of hydrogen-bond acceptors (Lipinski definition) is 2. The van der Waals surface area contributed by atoms with Gasteiger partial charge in [0.15, 0.2) is 0 Å². The van der Waals surface area contributed by atoms with Gasteiger partial charge in [0.05, 0.1) is 10.8 Å². The molecule has 4 unspecified atom stereocenters. The fraction of sp³-hybridized carbons (Fsp3) is 0.625. The van der Waals surface area contributed by atoms with Gasteiger partial charge in [0.1, 0.15) is 0 Å². The van der Waals surface area contributed by atoms with Crippen molar-refractivity contribution < 1.29 is 4.21 Å². The Balaban J connectivity index is 2.11. The molecule has 1 aliphatic heterocycles. The van der Waals surface area contributed by atoms with Crippen molar-refractivity contribution in [3.63, 3.8) is 0 Å². The maximum atomic E-state index is 12.7. The van der Waals surface area contributed by atoms with E-state index in [9.17, 15) is 4.21 Å². The first-order valence-electron chi connectivity index (χ1n) is 7.27. The van der Waals surface area contributed by atoms with Gasteiger partial charge in [-0.2, -0.15) is 0 Å². The number of hydrogen-bond donors (Lipinski definition) is 1. The lowest BCUT2D eigenvalue weighted by Gasteiger charge is -2.37. The SMILES string of the molecule is Cc1cc(C)c2c(c1)C(NC1CC1)C(C)C(C)S2=O. The average Bonchev–Trinajstić information content (AvgIpc) is 3.15. The Morgan fingerprint density at radius 3 is 2.53 bits per heavy atom. The Kier molecular flexibility index (Phi) is 3.30. The first kappa shape index (κ1) is 13.3. The lowest BCUT2D eigenvalue weighted by Crippen LogP contribution is -2.40. The van der Waals surface area contributed by atoms with Crippen LogP contribution in [0.4, 0.5) is 0 Å². The summed E-state index contributed by atoms with van der Waals surface area (Å²) in [5.41, 5.74) is 3.75. The lowest BCUT2D eigenvalue weighted by atomic mass is 9.89. The average molecular weight is 277 g/mol. The molecular weight excluding hydrogens is 254 g/mol. The molecule has 0 bridgehead atoms. The third-order valence-corrected chi connectivity index (χ3v) is 6.65. The lowest BCUT2D eigenvalue weighted by molar-refractivity contribution is 0.363. The van der Waals surface area contributed by atoms with E-state index in [0.717, 1.165) is 4.90 Å². The monoisotopic (exact) mass is 277 g/mol. The summed E-state index contributed by atoms with van der Waals surface area (Å²) < 4.78 is 12.7. The van der Waals surface area contributed by atoms with Crippen LogP contribution in [-0.4, -0.2) is 15.5 Å². The molecule has 0 saturated heterocycles. The predicted molar refractivity (Wildman–Crippen MR) is 79.8 cm³/mol. The van der Waals surface area contributed by atoms with Gasteiger partial charge < -0.3 is 5.32 Å². The minimum absolute atomic E-state index is 0.227. The van der Waals surface area contributed by atoms with Crippen LogP contribution in [0.25, 0.3) is 0 Å². The van der Waals surface area contributed by atoms with E-state index in [1.165, 1.54) is 29.5 Å². The quantitative estimate of drug-likeness (QED) is 0.899. The van der Waals surface area contributed by atoms with Gasteiger partial charge in [0.25, 0.3) is 0 Å². The molecule has 1 heterocycles. The van der Waals surface area contributed by atoms with Crippen LogP contribution in [0.1, 0.15) is 49.4 Å². The van der Waals surface area contributed by atoms with E-state index in [0.29, 0.717) is 18.0 Å². The van der Waals surface area contributed by atoms with Crippen LogP contribution in [-0.2, 0) is 10.8 Å². The zero-order valence-corrected chi connectivity index (χ0v) is 13.0. The van der Waals surface area contributed by atoms with E-state index in [-0.39, 0.29) is 5.25 Å². The molecule has 2 nitrogen and oxygen atoms in total. The first-order valence-corrected chi connectivity index (χ1v) is 8.48. The minimum atomic E-state index is -0.865. The molecule has 0 spiro atoms. The summed E-state index contributed by atoms with van der Waals surface area (Å²) in [5.74, 6) is 0.426. The van der Waals surface area contributed by atoms with Gasteiger partial charge in [-0.1, -0.05) is 31.5 Å². The van der Waals surface area contributed by atoms with Crippen LogP contribution >= 0.6 is 0 Å². The van der Waals surface area contributed by atoms with Gasteiger partial charge in [0, 0.05) is 22.2 Å². The zero-order chi connectivity index (χ0) is 13.7. The van der Waals surface area contributed by atoms with Gasteiger partial charge in [0.2, 0.25) is 0 Å². The molecule has 2 aliphatic rings. The molecule has 0 aromatic heterocycles. The fourth-order valence-electron chi connectivity index (χ4n) is 3.17. The van der Waals surface area contributed by atoms with Crippen molar-refractivity contribution >= 4 is 10.8 Å². The number of rotatable bonds is 2. The molecule has 0 amide bonds. The van der Waals surface area contributed by atoms with Gasteiger partial charge >= 0.3 is 0 Å². The van der Waals surface area contributed by atoms with Crippen LogP contribution in [0, 0.1) is 19.8 Å². The standard InChI is InChI=1S/C16H23NOS/c1-9-7-10(2)16-14(8-9)15(17-13-5-6-13)11(3)12(4)19(16)18/h7-8,11-13,15,17H,5-6H2,1-4H3. The third-order valence-electron chi connectivity index (χ3n) is 4.58. The summed E-state index contributed by atoms with van der Waals surface area (Å²) in [6, 6.07) is 5.45. The van der Waals surface area contributed by atoms with Crippen LogP contribution in [0.2, 0.25) is 0 Å². The fourth-order valence-corrected chi connectivity index (χ4v) is 4.89. The molecule has 1 aliphatic carbocycles. The van der Waals surface area contributed by atoms with Gasteiger partial charge in [-0.05, 0) is 43.7 Å². The summed E-state index contributed by atoms with van der Waals surface area (Å²) in [6.07, 6.45) is 2.58. The van der Waals surface area contributed by atoms with Crippen LogP contribution in [0.15, 0.2) is 17.0 Å². The maximum Gasteiger partial charge on any atom is 0.0567 e. The van der Waals surface area contributed by atoms with Crippen molar-refractivity contribution in [2.45, 2.75) is 62.8 Å². The van der Waals surface area contributed by atoms with Gasteiger partial charge in [-0.15, -0.1) is 0 Å². The van der Waals surface area contributed by atoms with E-state index >= 15 is 0 Å². The second kappa shape index (κ2) is 4.71. The van der Waals surface area contributed by atoms with Gasteiger partial charge in [-0.25, -0.2) is 0 Å². The Morgan fingerprint density at radius 1 is 1.21 bits per heavy atom. The molecule has 1 fully saturated rings. The van der Waals surface area contributed by atoms with Crippen molar-refractivity contribution in [1.82, 2.24) is 5.32 Å². The normalized spacial score (nSPS) is 34.1. The number of benzene rings is 1. The minimum Gasteiger partial charge on any atom is -0.307 e. The molecule has 1 aromatic carbocycles. The van der Waals surface area contributed by atoms with E-state index < -0.39 is 10.8 Å². The zero-order valence-electron chi connectivity index (χ0n) is 12.2. The van der Waals surface area contributed by atoms with Crippen molar-refractivity contribution in [3.8, 4) is 0 Å². The van der Waals surface area contributed by atoms with Crippen molar-refractivity contribution in [3.05, 3.63) is 28.8 Å². The largest absolute Gasteiger partial charge is 0.307 e. The first-order chi connectivity index (χ1) is 8.99. The van der Waals surface area contributed by atoms with Crippen LogP contribution in [0.3, 0.4) is 0 Å². The molecule has 1 saturated carbocycles. The molecule has 1 aromatic rings. The molecule has 1 N–H and O–H groups in total. The van der Waals surface area contributed by atoms with Crippen molar-refractivity contribution in [2.24, 2.45) is 5.92 Å². The molecule has 19 heavy (non-hydrogen) atoms. The Bertz CT molecular complexity index is 536. The molecule has 4 atom stereocenters. The van der Waals surface area contributed by atoms with E-state index in [2.05, 4.69) is 45.1 Å². The van der Waals surface area contributed by atoms with E-state index in [1.54, 1.807) is 0 Å². The summed E-state index contributed by atoms with van der Waals surface area (Å²) >= 11 is 0. The topological polar surface area (TPSA) is 29.1 Å². The summed E-state index contributed by atoms with van der Waals surface area (Å²) in [5, 5.41) is 4.00. The second-order valence-electron chi connectivity index (χ2n) is 6.28. The highest BCUT2D eigenvalue weighted by Crippen LogP contribution is 2.41. The molecule has 0 radical (unpaired) electrons. The van der Waals surface area contributed by atoms with Crippen LogP contribution < -0.4 is 5.32 Å². The highest BCUT2D eigenvalue weighted by atomic mass is 32.2. The second-order valence-corrected chi connectivity index (χ2v) is 8.03. The number of aryl methyl sites for hydroxylation is 2. The Hall–Kier alpha value is -0.670. The van der Waals surface area contributed by atoms with Crippen molar-refractivity contribution in [2.75, 3.05) is 0 Å². The number of nitrogens with one attached hydrogen (secondary N) is 1. The van der Waals surface area contributed by atoms with Crippen LogP contribution in [0.5, 0.6) is 0 Å². The predicted octanol–water partition coefficient (Wildman–Crippen LogP) is 3.24. The van der Waals surface area contributed by atoms with E-state index in [1.807, 2.05) is 0 Å². The summed E-state index contributed by atoms with van der Waals surface area (Å²) in [7, 11) is -0.865. The highest BCUT2D eigenvalue weighted by Gasteiger charge is 2.39. The summed E-state index contributed by atoms with van der Waals surface area (Å²) in [6.45, 7) is 8.60. The molecular formula is C16H23NOS. The van der Waals surface area contributed by atoms with Gasteiger partial charge in [-0.3, -0.25) is 4.21 Å². The molecule has 3 heteroatoms. The van der Waals surface area contributed by atoms with E-state index in [4.69, 9.17) is 0 Å². The Labute approximate surface area is 118 Å².